The van der Waals surface area contributed by atoms with Gasteiger partial charge in [0.15, 0.2) is 0 Å². The quantitative estimate of drug-likeness (QED) is 0.638. The molecule has 3 heteroatoms. The molecule has 1 fully saturated rings. The van der Waals surface area contributed by atoms with Crippen molar-refractivity contribution in [3.63, 3.8) is 0 Å². The maximum atomic E-state index is 12.2. The zero-order valence-electron chi connectivity index (χ0n) is 9.98. The third-order valence-corrected chi connectivity index (χ3v) is 2.72. The first-order chi connectivity index (χ1) is 6.25. The van der Waals surface area contributed by atoms with E-state index < -0.39 is 5.54 Å². The van der Waals surface area contributed by atoms with Crippen LogP contribution in [0, 0.1) is 0 Å². The minimum Gasteiger partial charge on any atom is -0.336 e. The summed E-state index contributed by atoms with van der Waals surface area (Å²) in [4.78, 5) is 14.2. The highest BCUT2D eigenvalue weighted by Gasteiger charge is 2.37. The van der Waals surface area contributed by atoms with Crippen molar-refractivity contribution in [1.82, 2.24) is 10.2 Å². The lowest BCUT2D eigenvalue weighted by molar-refractivity contribution is -0.140. The van der Waals surface area contributed by atoms with Crippen molar-refractivity contribution in [3.05, 3.63) is 0 Å². The number of amides is 1. The van der Waals surface area contributed by atoms with Gasteiger partial charge in [-0.2, -0.15) is 0 Å². The summed E-state index contributed by atoms with van der Waals surface area (Å²) in [6.45, 7) is 12.0. The van der Waals surface area contributed by atoms with Gasteiger partial charge in [0.1, 0.15) is 0 Å². The second-order valence-corrected chi connectivity index (χ2v) is 5.53. The standard InChI is InChI=1S/C11H22N2O/c1-10(2,3)13-8-6-7-12-11(4,5)9(13)14/h12H,6-8H2,1-5H3. The normalized spacial score (nSPS) is 23.5. The van der Waals surface area contributed by atoms with Gasteiger partial charge in [-0.05, 0) is 47.6 Å². The fraction of sp³-hybridized carbons (Fsp3) is 0.909. The van der Waals surface area contributed by atoms with Gasteiger partial charge < -0.3 is 10.2 Å². The van der Waals surface area contributed by atoms with Crippen molar-refractivity contribution >= 4 is 5.91 Å². The van der Waals surface area contributed by atoms with E-state index in [1.807, 2.05) is 18.7 Å². The Morgan fingerprint density at radius 3 is 2.43 bits per heavy atom. The van der Waals surface area contributed by atoms with Crippen LogP contribution in [0.3, 0.4) is 0 Å². The number of nitrogens with one attached hydrogen (secondary N) is 1. The van der Waals surface area contributed by atoms with E-state index in [0.29, 0.717) is 0 Å². The first-order valence-corrected chi connectivity index (χ1v) is 5.32. The molecule has 0 bridgehead atoms. The molecule has 0 aliphatic carbocycles. The average Bonchev–Trinajstić information content (AvgIpc) is 2.11. The van der Waals surface area contributed by atoms with E-state index in [2.05, 4.69) is 26.1 Å². The number of carbonyl (C=O) groups excluding carboxylic acids is 1. The Morgan fingerprint density at radius 1 is 1.36 bits per heavy atom. The van der Waals surface area contributed by atoms with Gasteiger partial charge in [-0.25, -0.2) is 0 Å². The summed E-state index contributed by atoms with van der Waals surface area (Å²) < 4.78 is 0. The molecule has 0 saturated carbocycles. The molecule has 14 heavy (non-hydrogen) atoms. The molecule has 1 aliphatic rings. The average molecular weight is 198 g/mol. The minimum absolute atomic E-state index is 0.0691. The van der Waals surface area contributed by atoms with E-state index in [9.17, 15) is 4.79 Å². The predicted octanol–water partition coefficient (Wildman–Crippen LogP) is 1.39. The summed E-state index contributed by atoms with van der Waals surface area (Å²) >= 11 is 0. The number of nitrogens with zero attached hydrogens (tertiary/aromatic N) is 1. The van der Waals surface area contributed by atoms with Crippen LogP contribution in [0.5, 0.6) is 0 Å². The van der Waals surface area contributed by atoms with Crippen LogP contribution in [-0.4, -0.2) is 35.0 Å². The SMILES string of the molecule is CC1(C)NCCCN(C(C)(C)C)C1=O. The fourth-order valence-electron chi connectivity index (χ4n) is 1.79. The zero-order valence-corrected chi connectivity index (χ0v) is 9.98. The first-order valence-electron chi connectivity index (χ1n) is 5.32. The molecule has 1 aliphatic heterocycles. The molecule has 1 rings (SSSR count). The minimum atomic E-state index is -0.413. The summed E-state index contributed by atoms with van der Waals surface area (Å²) in [5, 5.41) is 3.28. The van der Waals surface area contributed by atoms with Crippen molar-refractivity contribution < 1.29 is 4.79 Å². The van der Waals surface area contributed by atoms with Crippen LogP contribution in [0.15, 0.2) is 0 Å². The van der Waals surface area contributed by atoms with Gasteiger partial charge in [0.25, 0.3) is 0 Å². The monoisotopic (exact) mass is 198 g/mol. The predicted molar refractivity (Wildman–Crippen MR) is 58.2 cm³/mol. The van der Waals surface area contributed by atoms with Crippen LogP contribution in [0.1, 0.15) is 41.0 Å². The maximum Gasteiger partial charge on any atom is 0.242 e. The molecule has 1 N–H and O–H groups in total. The molecule has 0 spiro atoms. The molecule has 0 aromatic heterocycles. The molecule has 82 valence electrons. The number of hydrogen-bond donors (Lipinski definition) is 1. The molecule has 1 amide bonds. The van der Waals surface area contributed by atoms with E-state index in [0.717, 1.165) is 19.5 Å². The van der Waals surface area contributed by atoms with Gasteiger partial charge in [0.05, 0.1) is 5.54 Å². The second-order valence-electron chi connectivity index (χ2n) is 5.53. The largest absolute Gasteiger partial charge is 0.336 e. The van der Waals surface area contributed by atoms with E-state index in [-0.39, 0.29) is 11.4 Å². The first kappa shape index (κ1) is 11.5. The molecule has 1 heterocycles. The van der Waals surface area contributed by atoms with Crippen molar-refractivity contribution in [1.29, 1.82) is 0 Å². The van der Waals surface area contributed by atoms with Gasteiger partial charge in [-0.3, -0.25) is 4.79 Å². The van der Waals surface area contributed by atoms with E-state index in [1.54, 1.807) is 0 Å². The van der Waals surface area contributed by atoms with Gasteiger partial charge in [-0.15, -0.1) is 0 Å². The maximum absolute atomic E-state index is 12.2. The molecule has 0 unspecified atom stereocenters. The fourth-order valence-corrected chi connectivity index (χ4v) is 1.79. The van der Waals surface area contributed by atoms with Crippen LogP contribution in [0.4, 0.5) is 0 Å². The highest BCUT2D eigenvalue weighted by atomic mass is 16.2. The molecule has 0 radical (unpaired) electrons. The lowest BCUT2D eigenvalue weighted by Gasteiger charge is -2.38. The van der Waals surface area contributed by atoms with Crippen molar-refractivity contribution in [2.45, 2.75) is 52.1 Å². The Balaban J connectivity index is 2.90. The summed E-state index contributed by atoms with van der Waals surface area (Å²) in [5.41, 5.74) is -0.482. The van der Waals surface area contributed by atoms with E-state index in [4.69, 9.17) is 0 Å². The molecule has 3 nitrogen and oxygen atoms in total. The van der Waals surface area contributed by atoms with Gasteiger partial charge in [0, 0.05) is 12.1 Å². The number of rotatable bonds is 0. The van der Waals surface area contributed by atoms with E-state index >= 15 is 0 Å². The van der Waals surface area contributed by atoms with Gasteiger partial charge in [0.2, 0.25) is 5.91 Å². The highest BCUT2D eigenvalue weighted by molar-refractivity contribution is 5.86. The Bertz CT molecular complexity index is 228. The van der Waals surface area contributed by atoms with Crippen molar-refractivity contribution in [2.75, 3.05) is 13.1 Å². The van der Waals surface area contributed by atoms with E-state index in [1.165, 1.54) is 0 Å². The summed E-state index contributed by atoms with van der Waals surface area (Å²) in [5.74, 6) is 0.211. The molecule has 0 aromatic rings. The molecule has 0 aromatic carbocycles. The molecular weight excluding hydrogens is 176 g/mol. The zero-order chi connectivity index (χ0) is 11.0. The Labute approximate surface area is 86.9 Å². The lowest BCUT2D eigenvalue weighted by Crippen LogP contribution is -2.56. The third-order valence-electron chi connectivity index (χ3n) is 2.72. The lowest BCUT2D eigenvalue weighted by atomic mass is 9.99. The Kier molecular flexibility index (Phi) is 2.91. The number of carbonyl (C=O) groups is 1. The van der Waals surface area contributed by atoms with Crippen LogP contribution in [-0.2, 0) is 4.79 Å². The third kappa shape index (κ3) is 2.27. The molecule has 1 saturated heterocycles. The Morgan fingerprint density at radius 2 is 1.93 bits per heavy atom. The molecular formula is C11H22N2O. The van der Waals surface area contributed by atoms with Gasteiger partial charge >= 0.3 is 0 Å². The topological polar surface area (TPSA) is 32.3 Å². The second kappa shape index (κ2) is 3.54. The van der Waals surface area contributed by atoms with Crippen LogP contribution in [0.25, 0.3) is 0 Å². The summed E-state index contributed by atoms with van der Waals surface area (Å²) in [6, 6.07) is 0. The summed E-state index contributed by atoms with van der Waals surface area (Å²) in [6.07, 6.45) is 1.03. The van der Waals surface area contributed by atoms with Gasteiger partial charge in [-0.1, -0.05) is 0 Å². The summed E-state index contributed by atoms with van der Waals surface area (Å²) in [7, 11) is 0. The molecule has 0 atom stereocenters. The van der Waals surface area contributed by atoms with Crippen LogP contribution >= 0.6 is 0 Å². The highest BCUT2D eigenvalue weighted by Crippen LogP contribution is 2.21. The Hall–Kier alpha value is -0.570. The smallest absolute Gasteiger partial charge is 0.242 e. The number of hydrogen-bond acceptors (Lipinski definition) is 2. The van der Waals surface area contributed by atoms with Crippen LogP contribution < -0.4 is 5.32 Å². The van der Waals surface area contributed by atoms with Crippen molar-refractivity contribution in [2.24, 2.45) is 0 Å². The van der Waals surface area contributed by atoms with Crippen LogP contribution in [0.2, 0.25) is 0 Å². The van der Waals surface area contributed by atoms with Crippen molar-refractivity contribution in [3.8, 4) is 0 Å².